The third-order valence-electron chi connectivity index (χ3n) is 4.97. The predicted molar refractivity (Wildman–Crippen MR) is 96.2 cm³/mol. The molecule has 1 amide bonds. The number of hydrogen-bond donors (Lipinski definition) is 2. The molecule has 2 aliphatic heterocycles. The fourth-order valence-electron chi connectivity index (χ4n) is 3.67. The number of likely N-dealkylation sites (tertiary alicyclic amines) is 1. The number of benzene rings is 1. The van der Waals surface area contributed by atoms with Gasteiger partial charge in [-0.3, -0.25) is 9.69 Å². The van der Waals surface area contributed by atoms with Crippen LogP contribution in [0.15, 0.2) is 18.2 Å². The van der Waals surface area contributed by atoms with Crippen molar-refractivity contribution in [1.82, 2.24) is 15.5 Å². The standard InChI is InChI=1S/C17H23ClFN3O.ClH/c1-22-9-6-15(21-17(23)11-4-7-20-8-5-11)16(22)12-2-3-13(18)14(19)10-12;/h2-3,10-11,15-16,20H,4-9H2,1H3,(H,21,23);1H. The second-order valence-corrected chi connectivity index (χ2v) is 6.93. The summed E-state index contributed by atoms with van der Waals surface area (Å²) in [7, 11) is 2.01. The molecule has 1 aromatic rings. The van der Waals surface area contributed by atoms with Crippen LogP contribution >= 0.6 is 24.0 Å². The first-order valence-electron chi connectivity index (χ1n) is 8.22. The molecule has 1 aromatic carbocycles. The Hall–Kier alpha value is -0.880. The predicted octanol–water partition coefficient (Wildman–Crippen LogP) is 2.76. The van der Waals surface area contributed by atoms with Gasteiger partial charge in [-0.1, -0.05) is 17.7 Å². The highest BCUT2D eigenvalue weighted by Crippen LogP contribution is 2.33. The Kier molecular flexibility index (Phi) is 6.87. The van der Waals surface area contributed by atoms with Gasteiger partial charge in [0.25, 0.3) is 0 Å². The summed E-state index contributed by atoms with van der Waals surface area (Å²) in [5, 5.41) is 6.60. The van der Waals surface area contributed by atoms with Crippen molar-refractivity contribution in [3.05, 3.63) is 34.6 Å². The molecule has 2 saturated heterocycles. The van der Waals surface area contributed by atoms with Crippen LogP contribution in [-0.4, -0.2) is 43.5 Å². The number of halogens is 3. The molecule has 7 heteroatoms. The van der Waals surface area contributed by atoms with Crippen LogP contribution in [0.3, 0.4) is 0 Å². The van der Waals surface area contributed by atoms with E-state index in [0.717, 1.165) is 44.5 Å². The molecule has 134 valence electrons. The van der Waals surface area contributed by atoms with Crippen LogP contribution in [0.2, 0.25) is 5.02 Å². The summed E-state index contributed by atoms with van der Waals surface area (Å²) in [5.74, 6) is -0.191. The zero-order chi connectivity index (χ0) is 16.4. The largest absolute Gasteiger partial charge is 0.351 e. The lowest BCUT2D eigenvalue weighted by Crippen LogP contribution is -2.44. The van der Waals surface area contributed by atoms with Crippen molar-refractivity contribution in [2.75, 3.05) is 26.7 Å². The van der Waals surface area contributed by atoms with Crippen molar-refractivity contribution >= 4 is 29.9 Å². The van der Waals surface area contributed by atoms with E-state index in [1.54, 1.807) is 6.07 Å². The van der Waals surface area contributed by atoms with Gasteiger partial charge < -0.3 is 10.6 Å². The number of hydrogen-bond acceptors (Lipinski definition) is 3. The molecule has 24 heavy (non-hydrogen) atoms. The highest BCUT2D eigenvalue weighted by Gasteiger charge is 2.35. The van der Waals surface area contributed by atoms with E-state index < -0.39 is 5.82 Å². The minimum absolute atomic E-state index is 0. The molecule has 0 spiro atoms. The minimum atomic E-state index is -0.409. The quantitative estimate of drug-likeness (QED) is 0.853. The Balaban J connectivity index is 0.00000208. The van der Waals surface area contributed by atoms with Crippen molar-refractivity contribution < 1.29 is 9.18 Å². The third kappa shape index (κ3) is 4.20. The molecular formula is C17H24Cl2FN3O. The number of rotatable bonds is 3. The molecule has 2 aliphatic rings. The molecule has 2 fully saturated rings. The van der Waals surface area contributed by atoms with E-state index in [2.05, 4.69) is 15.5 Å². The second kappa shape index (κ2) is 8.48. The fraction of sp³-hybridized carbons (Fsp3) is 0.588. The summed E-state index contributed by atoms with van der Waals surface area (Å²) in [4.78, 5) is 14.7. The lowest BCUT2D eigenvalue weighted by molar-refractivity contribution is -0.126. The van der Waals surface area contributed by atoms with Crippen molar-refractivity contribution in [2.24, 2.45) is 5.92 Å². The van der Waals surface area contributed by atoms with E-state index in [4.69, 9.17) is 11.6 Å². The lowest BCUT2D eigenvalue weighted by atomic mass is 9.95. The van der Waals surface area contributed by atoms with Crippen molar-refractivity contribution in [3.8, 4) is 0 Å². The number of carbonyl (C=O) groups excluding carboxylic acids is 1. The molecule has 0 radical (unpaired) electrons. The Bertz CT molecular complexity index is 581. The summed E-state index contributed by atoms with van der Waals surface area (Å²) >= 11 is 5.78. The number of likely N-dealkylation sites (N-methyl/N-ethyl adjacent to an activating group) is 1. The van der Waals surface area contributed by atoms with Gasteiger partial charge in [0.05, 0.1) is 11.1 Å². The maximum Gasteiger partial charge on any atom is 0.223 e. The zero-order valence-electron chi connectivity index (χ0n) is 13.7. The summed E-state index contributed by atoms with van der Waals surface area (Å²) in [6, 6.07) is 4.93. The molecule has 2 unspecified atom stereocenters. The molecule has 0 saturated carbocycles. The van der Waals surface area contributed by atoms with Crippen molar-refractivity contribution in [2.45, 2.75) is 31.3 Å². The van der Waals surface area contributed by atoms with Gasteiger partial charge >= 0.3 is 0 Å². The van der Waals surface area contributed by atoms with E-state index in [9.17, 15) is 9.18 Å². The Labute approximate surface area is 153 Å². The summed E-state index contributed by atoms with van der Waals surface area (Å²) in [6.07, 6.45) is 2.64. The number of nitrogens with one attached hydrogen (secondary N) is 2. The first-order valence-corrected chi connectivity index (χ1v) is 8.60. The van der Waals surface area contributed by atoms with E-state index in [1.165, 1.54) is 6.07 Å². The normalized spacial score (nSPS) is 25.3. The first-order chi connectivity index (χ1) is 11.1. The minimum Gasteiger partial charge on any atom is -0.351 e. The van der Waals surface area contributed by atoms with Crippen molar-refractivity contribution in [3.63, 3.8) is 0 Å². The second-order valence-electron chi connectivity index (χ2n) is 6.53. The highest BCUT2D eigenvalue weighted by molar-refractivity contribution is 6.30. The Morgan fingerprint density at radius 2 is 2.04 bits per heavy atom. The maximum atomic E-state index is 13.8. The van der Waals surface area contributed by atoms with Crippen LogP contribution in [0.5, 0.6) is 0 Å². The molecular weight excluding hydrogens is 352 g/mol. The molecule has 3 rings (SSSR count). The zero-order valence-corrected chi connectivity index (χ0v) is 15.3. The fourth-order valence-corrected chi connectivity index (χ4v) is 3.78. The number of carbonyl (C=O) groups is 1. The first kappa shape index (κ1) is 19.4. The van der Waals surface area contributed by atoms with Gasteiger partial charge in [-0.05, 0) is 57.1 Å². The van der Waals surface area contributed by atoms with Gasteiger partial charge in [0.15, 0.2) is 0 Å². The van der Waals surface area contributed by atoms with Crippen molar-refractivity contribution in [1.29, 1.82) is 0 Å². The maximum absolute atomic E-state index is 13.8. The number of nitrogens with zero attached hydrogens (tertiary/aromatic N) is 1. The van der Waals surface area contributed by atoms with Crippen LogP contribution in [0.25, 0.3) is 0 Å². The Morgan fingerprint density at radius 3 is 2.71 bits per heavy atom. The van der Waals surface area contributed by atoms with E-state index >= 15 is 0 Å². The molecule has 0 bridgehead atoms. The summed E-state index contributed by atoms with van der Waals surface area (Å²) in [6.45, 7) is 2.68. The van der Waals surface area contributed by atoms with Gasteiger partial charge in [0, 0.05) is 18.5 Å². The van der Waals surface area contributed by atoms with Gasteiger partial charge in [0.1, 0.15) is 5.82 Å². The molecule has 4 nitrogen and oxygen atoms in total. The van der Waals surface area contributed by atoms with E-state index in [-0.39, 0.29) is 41.3 Å². The molecule has 2 atom stereocenters. The highest BCUT2D eigenvalue weighted by atomic mass is 35.5. The monoisotopic (exact) mass is 375 g/mol. The lowest BCUT2D eigenvalue weighted by Gasteiger charge is -2.29. The Morgan fingerprint density at radius 1 is 1.33 bits per heavy atom. The molecule has 0 aliphatic carbocycles. The smallest absolute Gasteiger partial charge is 0.223 e. The van der Waals surface area contributed by atoms with Crippen LogP contribution in [0, 0.1) is 11.7 Å². The van der Waals surface area contributed by atoms with Gasteiger partial charge in [-0.25, -0.2) is 4.39 Å². The third-order valence-corrected chi connectivity index (χ3v) is 5.28. The molecule has 2 heterocycles. The average Bonchev–Trinajstić information content (AvgIpc) is 2.91. The van der Waals surface area contributed by atoms with Crippen LogP contribution < -0.4 is 10.6 Å². The van der Waals surface area contributed by atoms with E-state index in [0.29, 0.717) is 0 Å². The number of piperidine rings is 1. The number of amides is 1. The van der Waals surface area contributed by atoms with Gasteiger partial charge in [-0.15, -0.1) is 12.4 Å². The molecule has 0 aromatic heterocycles. The molecule has 2 N–H and O–H groups in total. The summed E-state index contributed by atoms with van der Waals surface area (Å²) < 4.78 is 13.8. The van der Waals surface area contributed by atoms with Crippen LogP contribution in [0.1, 0.15) is 30.9 Å². The topological polar surface area (TPSA) is 44.4 Å². The summed E-state index contributed by atoms with van der Waals surface area (Å²) in [5.41, 5.74) is 0.863. The van der Waals surface area contributed by atoms with Crippen LogP contribution in [-0.2, 0) is 4.79 Å². The van der Waals surface area contributed by atoms with Gasteiger partial charge in [-0.2, -0.15) is 0 Å². The van der Waals surface area contributed by atoms with Crippen LogP contribution in [0.4, 0.5) is 4.39 Å². The van der Waals surface area contributed by atoms with E-state index in [1.807, 2.05) is 13.1 Å². The SMILES string of the molecule is CN1CCC(NC(=O)C2CCNCC2)C1c1ccc(Cl)c(F)c1.Cl. The average molecular weight is 376 g/mol. The van der Waals surface area contributed by atoms with Gasteiger partial charge in [0.2, 0.25) is 5.91 Å².